The Balaban J connectivity index is 1.95. The summed E-state index contributed by atoms with van der Waals surface area (Å²) < 4.78 is 0. The molecule has 1 aliphatic rings. The molecule has 0 radical (unpaired) electrons. The van der Waals surface area contributed by atoms with Gasteiger partial charge < -0.3 is 9.80 Å². The molecule has 27 heavy (non-hydrogen) atoms. The van der Waals surface area contributed by atoms with E-state index >= 15 is 0 Å². The first-order chi connectivity index (χ1) is 12.9. The van der Waals surface area contributed by atoms with Crippen LogP contribution in [0.5, 0.6) is 0 Å². The zero-order chi connectivity index (χ0) is 20.0. The Kier molecular flexibility index (Phi) is 12.9. The van der Waals surface area contributed by atoms with Gasteiger partial charge in [-0.05, 0) is 27.2 Å². The molecule has 1 heterocycles. The third kappa shape index (κ3) is 12.4. The Bertz CT molecular complexity index is 384. The lowest BCUT2D eigenvalue weighted by Crippen LogP contribution is -2.34. The normalized spacial score (nSPS) is 16.7. The summed E-state index contributed by atoms with van der Waals surface area (Å²) in [5.74, 6) is 1.21. The van der Waals surface area contributed by atoms with E-state index in [0.29, 0.717) is 0 Å². The van der Waals surface area contributed by atoms with E-state index in [4.69, 9.17) is 4.99 Å². The third-order valence-electron chi connectivity index (χ3n) is 5.55. The Morgan fingerprint density at radius 2 is 1.15 bits per heavy atom. The zero-order valence-electron chi connectivity index (χ0n) is 19.4. The smallest absolute Gasteiger partial charge is 0.196 e. The summed E-state index contributed by atoms with van der Waals surface area (Å²) in [5, 5.41) is 0. The molecule has 0 bridgehead atoms. The molecule has 0 amide bonds. The molecule has 3 heteroatoms. The predicted molar refractivity (Wildman–Crippen MR) is 122 cm³/mol. The second-order valence-corrected chi connectivity index (χ2v) is 9.59. The second-order valence-electron chi connectivity index (χ2n) is 9.59. The van der Waals surface area contributed by atoms with Crippen LogP contribution in [0, 0.1) is 0 Å². The lowest BCUT2D eigenvalue weighted by atomic mass is 10.0. The third-order valence-corrected chi connectivity index (χ3v) is 5.55. The molecule has 1 saturated heterocycles. The van der Waals surface area contributed by atoms with Crippen molar-refractivity contribution in [3.63, 3.8) is 0 Å². The molecular formula is C24H49N3. The number of rotatable bonds is 15. The van der Waals surface area contributed by atoms with Crippen molar-refractivity contribution in [1.82, 2.24) is 9.80 Å². The van der Waals surface area contributed by atoms with Gasteiger partial charge in [0, 0.05) is 26.7 Å². The Hall–Kier alpha value is -0.730. The van der Waals surface area contributed by atoms with Crippen LogP contribution in [0.25, 0.3) is 0 Å². The molecule has 1 fully saturated rings. The Labute approximate surface area is 171 Å². The molecule has 0 spiro atoms. The Morgan fingerprint density at radius 3 is 1.59 bits per heavy atom. The van der Waals surface area contributed by atoms with Gasteiger partial charge in [-0.1, -0.05) is 90.4 Å². The standard InChI is InChI=1S/C24H49N3/c1-6-7-8-9-10-11-12-13-14-15-16-17-18-19-20-27-22-21-26(5)23(27)25-24(2,3)4/h6-22H2,1-5H3. The van der Waals surface area contributed by atoms with Crippen LogP contribution >= 0.6 is 0 Å². The van der Waals surface area contributed by atoms with Gasteiger partial charge >= 0.3 is 0 Å². The number of hydrogen-bond donors (Lipinski definition) is 0. The van der Waals surface area contributed by atoms with E-state index in [2.05, 4.69) is 44.5 Å². The highest BCUT2D eigenvalue weighted by Crippen LogP contribution is 2.16. The first-order valence-electron chi connectivity index (χ1n) is 12.0. The van der Waals surface area contributed by atoms with Crippen LogP contribution in [0.2, 0.25) is 0 Å². The molecule has 0 N–H and O–H groups in total. The van der Waals surface area contributed by atoms with E-state index < -0.39 is 0 Å². The van der Waals surface area contributed by atoms with Crippen molar-refractivity contribution >= 4 is 5.96 Å². The monoisotopic (exact) mass is 379 g/mol. The maximum atomic E-state index is 4.92. The highest BCUT2D eigenvalue weighted by molar-refractivity contribution is 5.82. The van der Waals surface area contributed by atoms with Gasteiger partial charge in [0.25, 0.3) is 0 Å². The fourth-order valence-corrected chi connectivity index (χ4v) is 3.88. The van der Waals surface area contributed by atoms with Crippen molar-refractivity contribution in [3.8, 4) is 0 Å². The fourth-order valence-electron chi connectivity index (χ4n) is 3.88. The van der Waals surface area contributed by atoms with Gasteiger partial charge in [0.05, 0.1) is 5.54 Å². The first-order valence-corrected chi connectivity index (χ1v) is 12.0. The van der Waals surface area contributed by atoms with Crippen molar-refractivity contribution in [2.45, 2.75) is 123 Å². The van der Waals surface area contributed by atoms with E-state index in [-0.39, 0.29) is 5.54 Å². The van der Waals surface area contributed by atoms with Crippen molar-refractivity contribution in [2.24, 2.45) is 4.99 Å². The first kappa shape index (κ1) is 24.3. The lowest BCUT2D eigenvalue weighted by Gasteiger charge is -2.24. The molecule has 0 unspecified atom stereocenters. The molecule has 0 atom stereocenters. The molecule has 0 aromatic carbocycles. The molecule has 0 aromatic heterocycles. The highest BCUT2D eigenvalue weighted by Gasteiger charge is 2.24. The van der Waals surface area contributed by atoms with Crippen molar-refractivity contribution < 1.29 is 0 Å². The average molecular weight is 380 g/mol. The fraction of sp³-hybridized carbons (Fsp3) is 0.958. The molecule has 160 valence electrons. The van der Waals surface area contributed by atoms with Gasteiger partial charge in [-0.15, -0.1) is 0 Å². The minimum atomic E-state index is 0.0156. The van der Waals surface area contributed by atoms with Crippen LogP contribution < -0.4 is 0 Å². The minimum absolute atomic E-state index is 0.0156. The van der Waals surface area contributed by atoms with Crippen molar-refractivity contribution in [2.75, 3.05) is 26.7 Å². The second kappa shape index (κ2) is 14.3. The molecule has 1 rings (SSSR count). The highest BCUT2D eigenvalue weighted by atomic mass is 15.4. The quantitative estimate of drug-likeness (QED) is 0.289. The van der Waals surface area contributed by atoms with Crippen LogP contribution in [0.3, 0.4) is 0 Å². The van der Waals surface area contributed by atoms with Crippen LogP contribution in [-0.4, -0.2) is 48.0 Å². The minimum Gasteiger partial charge on any atom is -0.344 e. The molecular weight excluding hydrogens is 330 g/mol. The van der Waals surface area contributed by atoms with Gasteiger partial charge in [-0.3, -0.25) is 0 Å². The molecule has 3 nitrogen and oxygen atoms in total. The molecule has 0 saturated carbocycles. The molecule has 1 aliphatic heterocycles. The van der Waals surface area contributed by atoms with Gasteiger partial charge in [-0.25, -0.2) is 4.99 Å². The summed E-state index contributed by atoms with van der Waals surface area (Å²) in [6.45, 7) is 12.3. The topological polar surface area (TPSA) is 18.8 Å². The van der Waals surface area contributed by atoms with E-state index in [9.17, 15) is 0 Å². The summed E-state index contributed by atoms with van der Waals surface area (Å²) >= 11 is 0. The lowest BCUT2D eigenvalue weighted by molar-refractivity contribution is 0.425. The van der Waals surface area contributed by atoms with E-state index in [0.717, 1.165) is 13.1 Å². The Morgan fingerprint density at radius 1 is 0.704 bits per heavy atom. The maximum Gasteiger partial charge on any atom is 0.196 e. The van der Waals surface area contributed by atoms with Gasteiger partial charge in [0.1, 0.15) is 0 Å². The summed E-state index contributed by atoms with van der Waals surface area (Å²) in [6, 6.07) is 0. The number of likely N-dealkylation sites (N-methyl/N-ethyl adjacent to an activating group) is 1. The van der Waals surface area contributed by atoms with Gasteiger partial charge in [0.15, 0.2) is 5.96 Å². The van der Waals surface area contributed by atoms with Crippen molar-refractivity contribution in [3.05, 3.63) is 0 Å². The summed E-state index contributed by atoms with van der Waals surface area (Å²) in [6.07, 6.45) is 20.0. The summed E-state index contributed by atoms with van der Waals surface area (Å²) in [4.78, 5) is 9.73. The molecule has 0 aliphatic carbocycles. The van der Waals surface area contributed by atoms with E-state index in [1.165, 1.54) is 102 Å². The number of guanidine groups is 1. The number of unbranched alkanes of at least 4 members (excludes halogenated alkanes) is 13. The summed E-state index contributed by atoms with van der Waals surface area (Å²) in [5.41, 5.74) is 0.0156. The van der Waals surface area contributed by atoms with Crippen LogP contribution in [0.15, 0.2) is 4.99 Å². The van der Waals surface area contributed by atoms with E-state index in [1.807, 2.05) is 0 Å². The van der Waals surface area contributed by atoms with Crippen LogP contribution in [0.1, 0.15) is 118 Å². The molecule has 0 aromatic rings. The van der Waals surface area contributed by atoms with Gasteiger partial charge in [0.2, 0.25) is 0 Å². The largest absolute Gasteiger partial charge is 0.344 e. The number of nitrogens with zero attached hydrogens (tertiary/aromatic N) is 3. The summed E-state index contributed by atoms with van der Waals surface area (Å²) in [7, 11) is 2.18. The van der Waals surface area contributed by atoms with Crippen molar-refractivity contribution in [1.29, 1.82) is 0 Å². The van der Waals surface area contributed by atoms with E-state index in [1.54, 1.807) is 0 Å². The number of hydrogen-bond acceptors (Lipinski definition) is 1. The zero-order valence-corrected chi connectivity index (χ0v) is 19.4. The predicted octanol–water partition coefficient (Wildman–Crippen LogP) is 6.87. The maximum absolute atomic E-state index is 4.92. The van der Waals surface area contributed by atoms with Crippen LogP contribution in [-0.2, 0) is 0 Å². The average Bonchev–Trinajstić information content (AvgIpc) is 2.94. The number of aliphatic imine (C=N–C) groups is 1. The SMILES string of the molecule is CCCCCCCCCCCCCCCCN1CCN(C)C1=NC(C)(C)C. The van der Waals surface area contributed by atoms with Crippen LogP contribution in [0.4, 0.5) is 0 Å². The van der Waals surface area contributed by atoms with Gasteiger partial charge in [-0.2, -0.15) is 0 Å².